The second-order valence-corrected chi connectivity index (χ2v) is 5.71. The van der Waals surface area contributed by atoms with Crippen molar-refractivity contribution >= 4 is 11.3 Å². The van der Waals surface area contributed by atoms with Crippen molar-refractivity contribution in [3.05, 3.63) is 21.9 Å². The minimum Gasteiger partial charge on any atom is -0.390 e. The molecule has 1 aromatic rings. The van der Waals surface area contributed by atoms with Crippen LogP contribution in [0.25, 0.3) is 0 Å². The Hall–Kier alpha value is -0.420. The van der Waals surface area contributed by atoms with Gasteiger partial charge in [-0.05, 0) is 36.4 Å². The highest BCUT2D eigenvalue weighted by molar-refractivity contribution is 7.10. The fourth-order valence-corrected chi connectivity index (χ4v) is 3.16. The molecule has 1 unspecified atom stereocenters. The van der Waals surface area contributed by atoms with Crippen LogP contribution in [-0.4, -0.2) is 42.3 Å². The van der Waals surface area contributed by atoms with E-state index in [-0.39, 0.29) is 6.10 Å². The summed E-state index contributed by atoms with van der Waals surface area (Å²) < 4.78 is 0. The third-order valence-corrected chi connectivity index (χ3v) is 4.19. The van der Waals surface area contributed by atoms with Crippen LogP contribution in [0.1, 0.15) is 23.8 Å². The van der Waals surface area contributed by atoms with E-state index in [2.05, 4.69) is 28.6 Å². The maximum Gasteiger partial charge on any atom is 0.0791 e. The monoisotopic (exact) mass is 254 g/mol. The van der Waals surface area contributed by atoms with E-state index in [1.165, 1.54) is 10.4 Å². The van der Waals surface area contributed by atoms with Gasteiger partial charge in [0.1, 0.15) is 0 Å². The van der Waals surface area contributed by atoms with E-state index in [0.29, 0.717) is 6.54 Å². The van der Waals surface area contributed by atoms with Crippen molar-refractivity contribution in [1.29, 1.82) is 0 Å². The number of nitrogens with zero attached hydrogens (tertiary/aromatic N) is 1. The van der Waals surface area contributed by atoms with Crippen LogP contribution in [0.2, 0.25) is 0 Å². The Morgan fingerprint density at radius 1 is 1.59 bits per heavy atom. The Morgan fingerprint density at radius 3 is 3.29 bits per heavy atom. The Labute approximate surface area is 107 Å². The van der Waals surface area contributed by atoms with Crippen LogP contribution in [0.4, 0.5) is 0 Å². The van der Waals surface area contributed by atoms with E-state index in [1.807, 2.05) is 11.3 Å². The molecule has 2 heterocycles. The molecule has 3 nitrogen and oxygen atoms in total. The molecule has 0 aromatic carbocycles. The zero-order valence-electron chi connectivity index (χ0n) is 10.5. The third kappa shape index (κ3) is 3.78. The van der Waals surface area contributed by atoms with Crippen molar-refractivity contribution in [1.82, 2.24) is 10.2 Å². The molecule has 17 heavy (non-hydrogen) atoms. The van der Waals surface area contributed by atoms with Crippen LogP contribution in [-0.2, 0) is 13.0 Å². The molecule has 1 atom stereocenters. The Balaban J connectivity index is 1.74. The van der Waals surface area contributed by atoms with Gasteiger partial charge in [-0.2, -0.15) is 0 Å². The molecule has 0 aliphatic carbocycles. The van der Waals surface area contributed by atoms with Crippen molar-refractivity contribution in [3.63, 3.8) is 0 Å². The second-order valence-electron chi connectivity index (χ2n) is 4.71. The number of aliphatic hydroxyl groups excluding tert-OH is 1. The van der Waals surface area contributed by atoms with Gasteiger partial charge in [0.15, 0.2) is 0 Å². The Kier molecular flexibility index (Phi) is 4.98. The smallest absolute Gasteiger partial charge is 0.0791 e. The molecule has 96 valence electrons. The summed E-state index contributed by atoms with van der Waals surface area (Å²) in [7, 11) is 0. The number of β-amino-alcohol motifs (C(OH)–C–C–N with tert-alkyl or cyclic N) is 1. The van der Waals surface area contributed by atoms with Gasteiger partial charge in [-0.3, -0.25) is 4.90 Å². The molecule has 2 N–H and O–H groups in total. The maximum absolute atomic E-state index is 9.93. The van der Waals surface area contributed by atoms with Crippen molar-refractivity contribution < 1.29 is 5.11 Å². The lowest BCUT2D eigenvalue weighted by Gasteiger charge is -2.28. The van der Waals surface area contributed by atoms with Gasteiger partial charge in [-0.1, -0.05) is 6.92 Å². The molecule has 1 aliphatic heterocycles. The summed E-state index contributed by atoms with van der Waals surface area (Å²) in [6.07, 6.45) is 2.01. The molecule has 2 rings (SSSR count). The number of aliphatic hydroxyl groups is 1. The number of hydrogen-bond donors (Lipinski definition) is 2. The largest absolute Gasteiger partial charge is 0.390 e. The average molecular weight is 254 g/mol. The molecule has 1 aliphatic rings. The average Bonchev–Trinajstić information content (AvgIpc) is 2.76. The molecule has 0 fully saturated rings. The normalized spacial score (nSPS) is 18.0. The summed E-state index contributed by atoms with van der Waals surface area (Å²) in [6, 6.07) is 2.22. The van der Waals surface area contributed by atoms with Crippen LogP contribution < -0.4 is 5.32 Å². The van der Waals surface area contributed by atoms with Crippen LogP contribution in [0.5, 0.6) is 0 Å². The van der Waals surface area contributed by atoms with E-state index in [0.717, 1.165) is 39.0 Å². The number of rotatable bonds is 6. The summed E-state index contributed by atoms with van der Waals surface area (Å²) in [4.78, 5) is 3.88. The van der Waals surface area contributed by atoms with Gasteiger partial charge < -0.3 is 10.4 Å². The predicted molar refractivity (Wildman–Crippen MR) is 72.5 cm³/mol. The highest BCUT2D eigenvalue weighted by atomic mass is 32.1. The molecule has 0 saturated heterocycles. The van der Waals surface area contributed by atoms with Gasteiger partial charge in [0.05, 0.1) is 6.10 Å². The summed E-state index contributed by atoms with van der Waals surface area (Å²) in [6.45, 7) is 6.71. The van der Waals surface area contributed by atoms with E-state index in [9.17, 15) is 5.11 Å². The van der Waals surface area contributed by atoms with E-state index in [4.69, 9.17) is 0 Å². The molecule has 0 spiro atoms. The van der Waals surface area contributed by atoms with E-state index in [1.54, 1.807) is 0 Å². The van der Waals surface area contributed by atoms with E-state index < -0.39 is 0 Å². The van der Waals surface area contributed by atoms with Crippen LogP contribution in [0.3, 0.4) is 0 Å². The highest BCUT2D eigenvalue weighted by Crippen LogP contribution is 2.23. The highest BCUT2D eigenvalue weighted by Gasteiger charge is 2.19. The molecule has 0 radical (unpaired) electrons. The maximum atomic E-state index is 9.93. The first-order valence-corrected chi connectivity index (χ1v) is 7.34. The summed E-state index contributed by atoms with van der Waals surface area (Å²) in [5.41, 5.74) is 1.45. The molecule has 1 aromatic heterocycles. The lowest BCUT2D eigenvalue weighted by atomic mass is 10.1. The fourth-order valence-electron chi connectivity index (χ4n) is 2.27. The van der Waals surface area contributed by atoms with Gasteiger partial charge in [0, 0.05) is 31.1 Å². The van der Waals surface area contributed by atoms with E-state index >= 15 is 0 Å². The first-order chi connectivity index (χ1) is 8.29. The number of fused-ring (bicyclic) bond motifs is 1. The summed E-state index contributed by atoms with van der Waals surface area (Å²) in [5.74, 6) is 0. The molecular weight excluding hydrogens is 232 g/mol. The first-order valence-electron chi connectivity index (χ1n) is 6.46. The predicted octanol–water partition coefficient (Wildman–Crippen LogP) is 1.47. The SMILES string of the molecule is CCCNCC(O)CN1CCc2sccc2C1. The second kappa shape index (κ2) is 6.50. The Bertz CT molecular complexity index is 340. The minimum absolute atomic E-state index is 0.248. The lowest BCUT2D eigenvalue weighted by Crippen LogP contribution is -2.40. The third-order valence-electron chi connectivity index (χ3n) is 3.16. The minimum atomic E-state index is -0.248. The standard InChI is InChI=1S/C13H22N2OS/c1-2-5-14-8-12(16)10-15-6-3-13-11(9-15)4-7-17-13/h4,7,12,14,16H,2-3,5-6,8-10H2,1H3. The van der Waals surface area contributed by atoms with Gasteiger partial charge in [-0.25, -0.2) is 0 Å². The van der Waals surface area contributed by atoms with Gasteiger partial charge in [0.2, 0.25) is 0 Å². The first kappa shape index (κ1) is 13.0. The van der Waals surface area contributed by atoms with Crippen LogP contribution >= 0.6 is 11.3 Å². The Morgan fingerprint density at radius 2 is 2.47 bits per heavy atom. The quantitative estimate of drug-likeness (QED) is 0.755. The van der Waals surface area contributed by atoms with Gasteiger partial charge >= 0.3 is 0 Å². The van der Waals surface area contributed by atoms with Crippen molar-refractivity contribution in [2.75, 3.05) is 26.2 Å². The zero-order valence-corrected chi connectivity index (χ0v) is 11.3. The van der Waals surface area contributed by atoms with Crippen LogP contribution in [0.15, 0.2) is 11.4 Å². The van der Waals surface area contributed by atoms with Gasteiger partial charge in [-0.15, -0.1) is 11.3 Å². The zero-order chi connectivity index (χ0) is 12.1. The summed E-state index contributed by atoms with van der Waals surface area (Å²) >= 11 is 1.86. The molecular formula is C13H22N2OS. The summed E-state index contributed by atoms with van der Waals surface area (Å²) in [5, 5.41) is 15.4. The molecule has 0 bridgehead atoms. The lowest BCUT2D eigenvalue weighted by molar-refractivity contribution is 0.105. The fraction of sp³-hybridized carbons (Fsp3) is 0.692. The molecule has 0 saturated carbocycles. The molecule has 0 amide bonds. The topological polar surface area (TPSA) is 35.5 Å². The number of thiophene rings is 1. The van der Waals surface area contributed by atoms with Crippen molar-refractivity contribution in [2.24, 2.45) is 0 Å². The number of hydrogen-bond acceptors (Lipinski definition) is 4. The van der Waals surface area contributed by atoms with Gasteiger partial charge in [0.25, 0.3) is 0 Å². The number of nitrogens with one attached hydrogen (secondary N) is 1. The molecule has 4 heteroatoms. The van der Waals surface area contributed by atoms with Crippen molar-refractivity contribution in [3.8, 4) is 0 Å². The van der Waals surface area contributed by atoms with Crippen molar-refractivity contribution in [2.45, 2.75) is 32.4 Å². The van der Waals surface area contributed by atoms with Crippen LogP contribution in [0, 0.1) is 0 Å².